The minimum Gasteiger partial charge on any atom is -0.508 e. The van der Waals surface area contributed by atoms with Gasteiger partial charge in [-0.1, -0.05) is 36.4 Å². The van der Waals surface area contributed by atoms with Crippen LogP contribution in [-0.2, 0) is 0 Å². The van der Waals surface area contributed by atoms with E-state index in [1.54, 1.807) is 12.1 Å². The van der Waals surface area contributed by atoms with Gasteiger partial charge in [0, 0.05) is 18.8 Å². The summed E-state index contributed by atoms with van der Waals surface area (Å²) in [5.41, 5.74) is 3.52. The van der Waals surface area contributed by atoms with Crippen LogP contribution in [0.25, 0.3) is 12.2 Å². The Balaban J connectivity index is 2.08. The van der Waals surface area contributed by atoms with E-state index in [0.717, 1.165) is 18.7 Å². The molecule has 104 valence electrons. The van der Waals surface area contributed by atoms with Crippen molar-refractivity contribution in [3.63, 3.8) is 0 Å². The second kappa shape index (κ2) is 6.80. The van der Waals surface area contributed by atoms with E-state index < -0.39 is 0 Å². The van der Waals surface area contributed by atoms with Crippen molar-refractivity contribution < 1.29 is 5.11 Å². The fourth-order valence-corrected chi connectivity index (χ4v) is 2.16. The highest BCUT2D eigenvalue weighted by molar-refractivity contribution is 5.70. The van der Waals surface area contributed by atoms with Crippen LogP contribution in [0.2, 0.25) is 0 Å². The van der Waals surface area contributed by atoms with Crippen molar-refractivity contribution in [1.82, 2.24) is 0 Å². The Morgan fingerprint density at radius 1 is 0.800 bits per heavy atom. The Hall–Kier alpha value is -2.22. The van der Waals surface area contributed by atoms with Crippen LogP contribution in [0.5, 0.6) is 5.75 Å². The largest absolute Gasteiger partial charge is 0.508 e. The zero-order valence-electron chi connectivity index (χ0n) is 12.1. The third kappa shape index (κ3) is 3.64. The zero-order valence-corrected chi connectivity index (χ0v) is 12.1. The first-order valence-corrected chi connectivity index (χ1v) is 7.05. The minimum absolute atomic E-state index is 0.297. The maximum atomic E-state index is 9.24. The highest BCUT2D eigenvalue weighted by atomic mass is 16.3. The summed E-state index contributed by atoms with van der Waals surface area (Å²) in [7, 11) is 0. The predicted octanol–water partition coefficient (Wildman–Crippen LogP) is 4.41. The van der Waals surface area contributed by atoms with E-state index in [1.807, 2.05) is 18.2 Å². The average molecular weight is 267 g/mol. The molecule has 0 saturated carbocycles. The van der Waals surface area contributed by atoms with Gasteiger partial charge in [0.05, 0.1) is 0 Å². The number of aromatic hydroxyl groups is 1. The SMILES string of the molecule is CCN(CC)c1ccc(/C=C/c2ccc(O)cc2)cc1. The number of phenols is 1. The van der Waals surface area contributed by atoms with E-state index in [-0.39, 0.29) is 0 Å². The third-order valence-electron chi connectivity index (χ3n) is 3.38. The normalized spacial score (nSPS) is 10.9. The molecule has 0 amide bonds. The van der Waals surface area contributed by atoms with Crippen LogP contribution >= 0.6 is 0 Å². The molecule has 0 aromatic heterocycles. The average Bonchev–Trinajstić information content (AvgIpc) is 2.49. The molecule has 2 aromatic rings. The lowest BCUT2D eigenvalue weighted by Gasteiger charge is -2.20. The van der Waals surface area contributed by atoms with Crippen molar-refractivity contribution in [3.8, 4) is 5.75 Å². The molecule has 0 atom stereocenters. The molecule has 2 rings (SSSR count). The Bertz CT molecular complexity index is 551. The first kappa shape index (κ1) is 14.2. The van der Waals surface area contributed by atoms with Crippen LogP contribution in [0.4, 0.5) is 5.69 Å². The van der Waals surface area contributed by atoms with E-state index in [2.05, 4.69) is 49.1 Å². The monoisotopic (exact) mass is 267 g/mol. The van der Waals surface area contributed by atoms with Crippen LogP contribution in [0, 0.1) is 0 Å². The van der Waals surface area contributed by atoms with Gasteiger partial charge < -0.3 is 10.0 Å². The molecule has 1 N–H and O–H groups in total. The second-order valence-corrected chi connectivity index (χ2v) is 4.69. The van der Waals surface area contributed by atoms with Crippen molar-refractivity contribution in [2.75, 3.05) is 18.0 Å². The number of rotatable bonds is 5. The minimum atomic E-state index is 0.297. The molecule has 0 bridgehead atoms. The van der Waals surface area contributed by atoms with E-state index in [9.17, 15) is 5.11 Å². The highest BCUT2D eigenvalue weighted by Crippen LogP contribution is 2.17. The molecule has 0 unspecified atom stereocenters. The topological polar surface area (TPSA) is 23.5 Å². The van der Waals surface area contributed by atoms with Gasteiger partial charge in [-0.05, 0) is 49.2 Å². The van der Waals surface area contributed by atoms with Gasteiger partial charge in [-0.25, -0.2) is 0 Å². The molecule has 20 heavy (non-hydrogen) atoms. The van der Waals surface area contributed by atoms with Crippen molar-refractivity contribution in [2.24, 2.45) is 0 Å². The molecule has 2 aromatic carbocycles. The summed E-state index contributed by atoms with van der Waals surface area (Å²) in [4.78, 5) is 2.33. The molecule has 0 spiro atoms. The van der Waals surface area contributed by atoms with Crippen molar-refractivity contribution in [3.05, 3.63) is 59.7 Å². The van der Waals surface area contributed by atoms with Crippen LogP contribution in [0.3, 0.4) is 0 Å². The number of anilines is 1. The van der Waals surface area contributed by atoms with Gasteiger partial charge in [0.25, 0.3) is 0 Å². The molecule has 0 fully saturated rings. The quantitative estimate of drug-likeness (QED) is 0.811. The van der Waals surface area contributed by atoms with Crippen LogP contribution in [0.15, 0.2) is 48.5 Å². The maximum absolute atomic E-state index is 9.24. The van der Waals surface area contributed by atoms with Gasteiger partial charge >= 0.3 is 0 Å². The summed E-state index contributed by atoms with van der Waals surface area (Å²) in [6, 6.07) is 15.8. The van der Waals surface area contributed by atoms with Crippen molar-refractivity contribution >= 4 is 17.8 Å². The zero-order chi connectivity index (χ0) is 14.4. The first-order chi connectivity index (χ1) is 9.72. The lowest BCUT2D eigenvalue weighted by Crippen LogP contribution is -2.21. The molecule has 0 aliphatic rings. The summed E-state index contributed by atoms with van der Waals surface area (Å²) >= 11 is 0. The molecule has 2 heteroatoms. The number of phenolic OH excluding ortho intramolecular Hbond substituents is 1. The lowest BCUT2D eigenvalue weighted by molar-refractivity contribution is 0.475. The second-order valence-electron chi connectivity index (χ2n) is 4.69. The fraction of sp³-hybridized carbons (Fsp3) is 0.222. The summed E-state index contributed by atoms with van der Waals surface area (Å²) in [5, 5.41) is 9.24. The molecule has 0 saturated heterocycles. The molecule has 2 nitrogen and oxygen atoms in total. The van der Waals surface area contributed by atoms with E-state index >= 15 is 0 Å². The molecule has 0 radical (unpaired) electrons. The Kier molecular flexibility index (Phi) is 4.83. The smallest absolute Gasteiger partial charge is 0.115 e. The van der Waals surface area contributed by atoms with E-state index in [0.29, 0.717) is 5.75 Å². The number of nitrogens with zero attached hydrogens (tertiary/aromatic N) is 1. The van der Waals surface area contributed by atoms with E-state index in [1.165, 1.54) is 11.3 Å². The Labute approximate surface area is 121 Å². The molecular formula is C18H21NO. The third-order valence-corrected chi connectivity index (χ3v) is 3.38. The molecule has 0 heterocycles. The lowest BCUT2D eigenvalue weighted by atomic mass is 10.1. The predicted molar refractivity (Wildman–Crippen MR) is 87.0 cm³/mol. The van der Waals surface area contributed by atoms with Crippen LogP contribution in [-0.4, -0.2) is 18.2 Å². The first-order valence-electron chi connectivity index (χ1n) is 7.05. The van der Waals surface area contributed by atoms with Gasteiger partial charge in [-0.15, -0.1) is 0 Å². The number of benzene rings is 2. The maximum Gasteiger partial charge on any atom is 0.115 e. The van der Waals surface area contributed by atoms with Crippen molar-refractivity contribution in [1.29, 1.82) is 0 Å². The summed E-state index contributed by atoms with van der Waals surface area (Å²) in [5.74, 6) is 0.297. The van der Waals surface area contributed by atoms with E-state index in [4.69, 9.17) is 0 Å². The van der Waals surface area contributed by atoms with Gasteiger partial charge in [0.2, 0.25) is 0 Å². The van der Waals surface area contributed by atoms with Gasteiger partial charge in [0.15, 0.2) is 0 Å². The number of hydrogen-bond donors (Lipinski definition) is 1. The summed E-state index contributed by atoms with van der Waals surface area (Å²) in [6.45, 7) is 6.39. The fourth-order valence-electron chi connectivity index (χ4n) is 2.16. The standard InChI is InChI=1S/C18H21NO/c1-3-19(4-2)17-11-7-15(8-12-17)5-6-16-9-13-18(20)14-10-16/h5-14,20H,3-4H2,1-2H3/b6-5+. The number of hydrogen-bond acceptors (Lipinski definition) is 2. The van der Waals surface area contributed by atoms with Crippen LogP contribution in [0.1, 0.15) is 25.0 Å². The Morgan fingerprint density at radius 2 is 1.25 bits per heavy atom. The molecular weight excluding hydrogens is 246 g/mol. The highest BCUT2D eigenvalue weighted by Gasteiger charge is 2.00. The van der Waals surface area contributed by atoms with Gasteiger partial charge in [-0.2, -0.15) is 0 Å². The van der Waals surface area contributed by atoms with Gasteiger partial charge in [0.1, 0.15) is 5.75 Å². The van der Waals surface area contributed by atoms with Crippen molar-refractivity contribution in [2.45, 2.75) is 13.8 Å². The Morgan fingerprint density at radius 3 is 1.70 bits per heavy atom. The van der Waals surface area contributed by atoms with Gasteiger partial charge in [-0.3, -0.25) is 0 Å². The van der Waals surface area contributed by atoms with Crippen LogP contribution < -0.4 is 4.90 Å². The summed E-state index contributed by atoms with van der Waals surface area (Å²) < 4.78 is 0. The molecule has 0 aliphatic heterocycles. The summed E-state index contributed by atoms with van der Waals surface area (Å²) in [6.07, 6.45) is 4.13. The molecule has 0 aliphatic carbocycles.